The summed E-state index contributed by atoms with van der Waals surface area (Å²) in [6.45, 7) is 12.9. The summed E-state index contributed by atoms with van der Waals surface area (Å²) in [7, 11) is 0. The van der Waals surface area contributed by atoms with Crippen molar-refractivity contribution in [2.45, 2.75) is 78.2 Å². The Hall–Kier alpha value is -0.770. The Bertz CT molecular complexity index is 378. The lowest BCUT2D eigenvalue weighted by molar-refractivity contribution is 0.0141. The fraction of sp³-hybridized carbons (Fsp3) is 0.950. The molecule has 0 aromatic rings. The zero-order chi connectivity index (χ0) is 17.6. The van der Waals surface area contributed by atoms with E-state index in [0.717, 1.165) is 38.0 Å². The second-order valence-corrected chi connectivity index (χ2v) is 8.94. The van der Waals surface area contributed by atoms with E-state index < -0.39 is 5.60 Å². The summed E-state index contributed by atoms with van der Waals surface area (Å²) in [6, 6.07) is 0. The number of amides is 1. The van der Waals surface area contributed by atoms with Gasteiger partial charge in [-0.1, -0.05) is 39.0 Å². The lowest BCUT2D eigenvalue weighted by Crippen LogP contribution is -2.50. The number of nitrogens with zero attached hydrogens (tertiary/aromatic N) is 2. The first-order valence-electron chi connectivity index (χ1n) is 10.0. The Labute approximate surface area is 148 Å². The van der Waals surface area contributed by atoms with Crippen molar-refractivity contribution < 1.29 is 9.53 Å². The molecule has 0 aromatic heterocycles. The van der Waals surface area contributed by atoms with Crippen LogP contribution in [0.1, 0.15) is 72.6 Å². The summed E-state index contributed by atoms with van der Waals surface area (Å²) in [5.41, 5.74) is -0.400. The summed E-state index contributed by atoms with van der Waals surface area (Å²) in [5, 5.41) is 0. The smallest absolute Gasteiger partial charge is 0.410 e. The molecular formula is C20H38N2O2. The fourth-order valence-electron chi connectivity index (χ4n) is 3.99. The van der Waals surface area contributed by atoms with Crippen LogP contribution in [0.5, 0.6) is 0 Å². The highest BCUT2D eigenvalue weighted by molar-refractivity contribution is 5.68. The third-order valence-electron chi connectivity index (χ3n) is 5.42. The van der Waals surface area contributed by atoms with E-state index in [1.165, 1.54) is 51.5 Å². The van der Waals surface area contributed by atoms with Gasteiger partial charge < -0.3 is 9.64 Å². The van der Waals surface area contributed by atoms with Crippen LogP contribution in [0.25, 0.3) is 0 Å². The molecule has 1 aliphatic heterocycles. The second-order valence-electron chi connectivity index (χ2n) is 8.94. The average Bonchev–Trinajstić information content (AvgIpc) is 2.53. The summed E-state index contributed by atoms with van der Waals surface area (Å²) >= 11 is 0. The van der Waals surface area contributed by atoms with E-state index in [1.54, 1.807) is 0 Å². The normalized spacial score (nSPS) is 22.4. The summed E-state index contributed by atoms with van der Waals surface area (Å²) in [4.78, 5) is 16.5. The van der Waals surface area contributed by atoms with E-state index in [9.17, 15) is 4.79 Å². The SMILES string of the molecule is CC(CCN1CCN(C(=O)OC(C)(C)C)CC1)CC1CCCCC1. The molecule has 0 radical (unpaired) electrons. The Kier molecular flexibility index (Phi) is 7.39. The lowest BCUT2D eigenvalue weighted by Gasteiger charge is -2.36. The van der Waals surface area contributed by atoms with Crippen LogP contribution < -0.4 is 0 Å². The third-order valence-corrected chi connectivity index (χ3v) is 5.42. The van der Waals surface area contributed by atoms with Crippen molar-refractivity contribution in [2.75, 3.05) is 32.7 Å². The van der Waals surface area contributed by atoms with Gasteiger partial charge in [-0.05, 0) is 52.0 Å². The minimum Gasteiger partial charge on any atom is -0.444 e. The van der Waals surface area contributed by atoms with Crippen molar-refractivity contribution in [2.24, 2.45) is 11.8 Å². The Morgan fingerprint density at radius 3 is 2.29 bits per heavy atom. The third kappa shape index (κ3) is 7.00. The first-order valence-corrected chi connectivity index (χ1v) is 10.0. The van der Waals surface area contributed by atoms with E-state index in [4.69, 9.17) is 4.74 Å². The molecule has 0 bridgehead atoms. The second kappa shape index (κ2) is 9.07. The van der Waals surface area contributed by atoms with Crippen LogP contribution in [-0.4, -0.2) is 54.2 Å². The minimum atomic E-state index is -0.400. The summed E-state index contributed by atoms with van der Waals surface area (Å²) < 4.78 is 5.46. The van der Waals surface area contributed by atoms with Gasteiger partial charge in [-0.25, -0.2) is 4.79 Å². The van der Waals surface area contributed by atoms with Gasteiger partial charge in [0, 0.05) is 26.2 Å². The number of hydrogen-bond donors (Lipinski definition) is 0. The van der Waals surface area contributed by atoms with Crippen LogP contribution in [0.15, 0.2) is 0 Å². The Balaban J connectivity index is 1.61. The zero-order valence-electron chi connectivity index (χ0n) is 16.4. The fourth-order valence-corrected chi connectivity index (χ4v) is 3.99. The maximum absolute atomic E-state index is 12.1. The maximum Gasteiger partial charge on any atom is 0.410 e. The predicted octanol–water partition coefficient (Wildman–Crippen LogP) is 4.54. The summed E-state index contributed by atoms with van der Waals surface area (Å²) in [6.07, 6.45) is 9.81. The first-order chi connectivity index (χ1) is 11.3. The van der Waals surface area contributed by atoms with Crippen LogP contribution in [0.2, 0.25) is 0 Å². The van der Waals surface area contributed by atoms with Crippen LogP contribution >= 0.6 is 0 Å². The van der Waals surface area contributed by atoms with Gasteiger partial charge in [0.05, 0.1) is 0 Å². The highest BCUT2D eigenvalue weighted by atomic mass is 16.6. The first kappa shape index (κ1) is 19.6. The largest absolute Gasteiger partial charge is 0.444 e. The number of piperazine rings is 1. The molecule has 1 saturated heterocycles. The Morgan fingerprint density at radius 2 is 1.71 bits per heavy atom. The molecule has 24 heavy (non-hydrogen) atoms. The molecule has 1 amide bonds. The van der Waals surface area contributed by atoms with Crippen LogP contribution in [-0.2, 0) is 4.74 Å². The average molecular weight is 339 g/mol. The van der Waals surface area contributed by atoms with Gasteiger partial charge in [0.15, 0.2) is 0 Å². The van der Waals surface area contributed by atoms with Gasteiger partial charge >= 0.3 is 6.09 Å². The van der Waals surface area contributed by atoms with E-state index in [1.807, 2.05) is 25.7 Å². The molecule has 1 atom stereocenters. The molecule has 2 rings (SSSR count). The van der Waals surface area contributed by atoms with E-state index in [0.29, 0.717) is 0 Å². The molecule has 1 saturated carbocycles. The number of hydrogen-bond acceptors (Lipinski definition) is 3. The highest BCUT2D eigenvalue weighted by Gasteiger charge is 2.26. The van der Waals surface area contributed by atoms with E-state index in [2.05, 4.69) is 11.8 Å². The molecule has 0 spiro atoms. The van der Waals surface area contributed by atoms with Gasteiger partial charge in [0.25, 0.3) is 0 Å². The van der Waals surface area contributed by atoms with Gasteiger partial charge in [0.2, 0.25) is 0 Å². The van der Waals surface area contributed by atoms with Gasteiger partial charge in [-0.2, -0.15) is 0 Å². The predicted molar refractivity (Wildman–Crippen MR) is 99.2 cm³/mol. The molecule has 4 heteroatoms. The van der Waals surface area contributed by atoms with Crippen LogP contribution in [0.4, 0.5) is 4.79 Å². The molecule has 1 heterocycles. The number of rotatable bonds is 5. The molecule has 0 N–H and O–H groups in total. The van der Waals surface area contributed by atoms with Crippen molar-refractivity contribution in [3.05, 3.63) is 0 Å². The lowest BCUT2D eigenvalue weighted by atomic mass is 9.82. The standard InChI is InChI=1S/C20H38N2O2/c1-17(16-18-8-6-5-7-9-18)10-11-21-12-14-22(15-13-21)19(23)24-20(2,3)4/h17-18H,5-16H2,1-4H3. The molecule has 2 aliphatic rings. The topological polar surface area (TPSA) is 32.8 Å². The van der Waals surface area contributed by atoms with Crippen molar-refractivity contribution in [1.82, 2.24) is 9.80 Å². The van der Waals surface area contributed by atoms with Gasteiger partial charge in [-0.15, -0.1) is 0 Å². The van der Waals surface area contributed by atoms with Crippen LogP contribution in [0, 0.1) is 11.8 Å². The number of carbonyl (C=O) groups is 1. The minimum absolute atomic E-state index is 0.159. The highest BCUT2D eigenvalue weighted by Crippen LogP contribution is 2.30. The quantitative estimate of drug-likeness (QED) is 0.738. The number of carbonyl (C=O) groups excluding carboxylic acids is 1. The van der Waals surface area contributed by atoms with Crippen molar-refractivity contribution in [3.8, 4) is 0 Å². The Morgan fingerprint density at radius 1 is 1.08 bits per heavy atom. The van der Waals surface area contributed by atoms with Crippen LogP contribution in [0.3, 0.4) is 0 Å². The zero-order valence-corrected chi connectivity index (χ0v) is 16.4. The summed E-state index contributed by atoms with van der Waals surface area (Å²) in [5.74, 6) is 1.81. The van der Waals surface area contributed by atoms with E-state index >= 15 is 0 Å². The molecule has 0 aromatic carbocycles. The van der Waals surface area contributed by atoms with Gasteiger partial charge in [0.1, 0.15) is 5.60 Å². The molecule has 1 unspecified atom stereocenters. The maximum atomic E-state index is 12.1. The van der Waals surface area contributed by atoms with Crippen molar-refractivity contribution in [1.29, 1.82) is 0 Å². The molecule has 1 aliphatic carbocycles. The number of ether oxygens (including phenoxy) is 1. The van der Waals surface area contributed by atoms with Crippen molar-refractivity contribution >= 4 is 6.09 Å². The monoisotopic (exact) mass is 338 g/mol. The van der Waals surface area contributed by atoms with Crippen molar-refractivity contribution in [3.63, 3.8) is 0 Å². The molecule has 2 fully saturated rings. The van der Waals surface area contributed by atoms with E-state index in [-0.39, 0.29) is 6.09 Å². The molecule has 140 valence electrons. The molecule has 4 nitrogen and oxygen atoms in total. The molecular weight excluding hydrogens is 300 g/mol. The van der Waals surface area contributed by atoms with Gasteiger partial charge in [-0.3, -0.25) is 4.90 Å².